The third-order valence-corrected chi connectivity index (χ3v) is 3.36. The van der Waals surface area contributed by atoms with E-state index in [4.69, 9.17) is 4.74 Å². The Hall–Kier alpha value is -1.03. The molecule has 4 nitrogen and oxygen atoms in total. The molecule has 1 unspecified atom stereocenters. The van der Waals surface area contributed by atoms with Crippen molar-refractivity contribution in [3.05, 3.63) is 12.7 Å². The van der Waals surface area contributed by atoms with Gasteiger partial charge in [-0.25, -0.2) is 4.79 Å². The zero-order valence-corrected chi connectivity index (χ0v) is 12.8. The molecule has 19 heavy (non-hydrogen) atoms. The summed E-state index contributed by atoms with van der Waals surface area (Å²) in [6.45, 7) is 12.1. The van der Waals surface area contributed by atoms with Gasteiger partial charge in [0, 0.05) is 19.1 Å². The number of likely N-dealkylation sites (tertiary alicyclic amines) is 1. The zero-order valence-electron chi connectivity index (χ0n) is 12.8. The van der Waals surface area contributed by atoms with Crippen LogP contribution < -0.4 is 0 Å². The smallest absolute Gasteiger partial charge is 0.410 e. The van der Waals surface area contributed by atoms with Crippen molar-refractivity contribution in [3.8, 4) is 0 Å². The summed E-state index contributed by atoms with van der Waals surface area (Å²) in [5.74, 6) is 0. The van der Waals surface area contributed by atoms with Crippen molar-refractivity contribution >= 4 is 6.09 Å². The average Bonchev–Trinajstić information content (AvgIpc) is 2.76. The van der Waals surface area contributed by atoms with Gasteiger partial charge in [0.2, 0.25) is 0 Å². The summed E-state index contributed by atoms with van der Waals surface area (Å²) >= 11 is 0. The molecule has 0 aromatic heterocycles. The molecular weight excluding hydrogens is 240 g/mol. The number of amides is 1. The molecule has 1 fully saturated rings. The second-order valence-corrected chi connectivity index (χ2v) is 6.28. The Balaban J connectivity index is 2.36. The van der Waals surface area contributed by atoms with Crippen molar-refractivity contribution in [2.45, 2.75) is 51.7 Å². The van der Waals surface area contributed by atoms with Crippen LogP contribution in [-0.2, 0) is 4.74 Å². The molecule has 1 saturated heterocycles. The minimum Gasteiger partial charge on any atom is -0.444 e. The van der Waals surface area contributed by atoms with E-state index in [-0.39, 0.29) is 6.09 Å². The van der Waals surface area contributed by atoms with E-state index >= 15 is 0 Å². The highest BCUT2D eigenvalue weighted by Crippen LogP contribution is 2.18. The maximum atomic E-state index is 12.0. The highest BCUT2D eigenvalue weighted by Gasteiger charge is 2.31. The van der Waals surface area contributed by atoms with Crippen LogP contribution in [0.4, 0.5) is 4.79 Å². The van der Waals surface area contributed by atoms with E-state index in [1.807, 2.05) is 31.7 Å². The Kier molecular flexibility index (Phi) is 5.85. The van der Waals surface area contributed by atoms with Crippen LogP contribution in [-0.4, -0.2) is 54.2 Å². The monoisotopic (exact) mass is 268 g/mol. The summed E-state index contributed by atoms with van der Waals surface area (Å²) in [5.41, 5.74) is -0.412. The number of allylic oxidation sites excluding steroid dienone is 1. The minimum atomic E-state index is -0.412. The van der Waals surface area contributed by atoms with E-state index in [0.29, 0.717) is 6.04 Å². The maximum absolute atomic E-state index is 12.0. The van der Waals surface area contributed by atoms with Gasteiger partial charge >= 0.3 is 6.09 Å². The topological polar surface area (TPSA) is 32.8 Å². The Morgan fingerprint density at radius 1 is 1.53 bits per heavy atom. The Bertz CT molecular complexity index is 310. The van der Waals surface area contributed by atoms with E-state index in [1.54, 1.807) is 0 Å². The number of hydrogen-bond donors (Lipinski definition) is 0. The van der Waals surface area contributed by atoms with Crippen LogP contribution in [0, 0.1) is 0 Å². The predicted molar refractivity (Wildman–Crippen MR) is 78.3 cm³/mol. The molecule has 1 rings (SSSR count). The maximum Gasteiger partial charge on any atom is 0.410 e. The predicted octanol–water partition coefficient (Wildman–Crippen LogP) is 2.89. The summed E-state index contributed by atoms with van der Waals surface area (Å²) in [6, 6.07) is 0.456. The molecule has 0 aromatic rings. The second kappa shape index (κ2) is 6.94. The summed E-state index contributed by atoms with van der Waals surface area (Å²) in [4.78, 5) is 16.1. The van der Waals surface area contributed by atoms with Gasteiger partial charge in [-0.2, -0.15) is 0 Å². The van der Waals surface area contributed by atoms with Gasteiger partial charge in [-0.05, 0) is 53.6 Å². The van der Waals surface area contributed by atoms with E-state index in [2.05, 4.69) is 18.5 Å². The lowest BCUT2D eigenvalue weighted by atomic mass is 10.2. The molecule has 4 heteroatoms. The van der Waals surface area contributed by atoms with Crippen LogP contribution in [0.3, 0.4) is 0 Å². The average molecular weight is 268 g/mol. The lowest BCUT2D eigenvalue weighted by molar-refractivity contribution is 0.0282. The molecule has 0 saturated carbocycles. The first-order valence-corrected chi connectivity index (χ1v) is 7.12. The Morgan fingerprint density at radius 3 is 2.79 bits per heavy atom. The zero-order chi connectivity index (χ0) is 14.5. The van der Waals surface area contributed by atoms with E-state index in [1.165, 1.54) is 0 Å². The van der Waals surface area contributed by atoms with Gasteiger partial charge in [0.1, 0.15) is 5.60 Å². The Morgan fingerprint density at radius 2 is 2.21 bits per heavy atom. The summed E-state index contributed by atoms with van der Waals surface area (Å²) in [7, 11) is 2.13. The van der Waals surface area contributed by atoms with Gasteiger partial charge in [0.05, 0.1) is 0 Å². The third kappa shape index (κ3) is 5.64. The number of unbranched alkanes of at least 4 members (excludes halogenated alkanes) is 1. The molecule has 1 amide bonds. The first-order valence-electron chi connectivity index (χ1n) is 7.12. The molecule has 0 aliphatic carbocycles. The van der Waals surface area contributed by atoms with Crippen LogP contribution in [0.5, 0.6) is 0 Å². The van der Waals surface area contributed by atoms with Crippen molar-refractivity contribution in [1.29, 1.82) is 0 Å². The van der Waals surface area contributed by atoms with Gasteiger partial charge in [-0.3, -0.25) is 0 Å². The molecule has 1 heterocycles. The number of ether oxygens (including phenoxy) is 1. The fourth-order valence-corrected chi connectivity index (χ4v) is 2.26. The molecule has 0 aromatic carbocycles. The number of carbonyl (C=O) groups is 1. The van der Waals surface area contributed by atoms with Crippen LogP contribution in [0.1, 0.15) is 40.0 Å². The molecule has 1 atom stereocenters. The largest absolute Gasteiger partial charge is 0.444 e. The molecule has 0 bridgehead atoms. The van der Waals surface area contributed by atoms with Crippen LogP contribution in [0.25, 0.3) is 0 Å². The second-order valence-electron chi connectivity index (χ2n) is 6.28. The van der Waals surface area contributed by atoms with Crippen LogP contribution >= 0.6 is 0 Å². The first kappa shape index (κ1) is 16.0. The molecule has 1 aliphatic rings. The standard InChI is InChI=1S/C15H28N2O2/c1-6-7-8-10-16(5)13-9-11-17(12-13)14(18)19-15(2,3)4/h6,13H,1,7-12H2,2-5H3. The van der Waals surface area contributed by atoms with Gasteiger partial charge < -0.3 is 14.5 Å². The molecule has 0 spiro atoms. The molecule has 0 N–H and O–H groups in total. The van der Waals surface area contributed by atoms with Gasteiger partial charge in [0.25, 0.3) is 0 Å². The quantitative estimate of drug-likeness (QED) is 0.568. The minimum absolute atomic E-state index is 0.186. The Labute approximate surface area is 117 Å². The van der Waals surface area contributed by atoms with Crippen molar-refractivity contribution in [1.82, 2.24) is 9.80 Å². The fourth-order valence-electron chi connectivity index (χ4n) is 2.26. The molecular formula is C15H28N2O2. The number of rotatable bonds is 5. The van der Waals surface area contributed by atoms with Gasteiger partial charge in [-0.1, -0.05) is 6.08 Å². The fraction of sp³-hybridized carbons (Fsp3) is 0.800. The summed E-state index contributed by atoms with van der Waals surface area (Å²) in [5, 5.41) is 0. The lowest BCUT2D eigenvalue weighted by Crippen LogP contribution is -2.39. The van der Waals surface area contributed by atoms with Gasteiger partial charge in [0.15, 0.2) is 0 Å². The van der Waals surface area contributed by atoms with Gasteiger partial charge in [-0.15, -0.1) is 6.58 Å². The lowest BCUT2D eigenvalue weighted by Gasteiger charge is -2.26. The molecule has 1 aliphatic heterocycles. The number of likely N-dealkylation sites (N-methyl/N-ethyl adjacent to an activating group) is 1. The van der Waals surface area contributed by atoms with E-state index < -0.39 is 5.60 Å². The highest BCUT2D eigenvalue weighted by atomic mass is 16.6. The number of hydrogen-bond acceptors (Lipinski definition) is 3. The van der Waals surface area contributed by atoms with Crippen molar-refractivity contribution in [3.63, 3.8) is 0 Å². The van der Waals surface area contributed by atoms with E-state index in [0.717, 1.165) is 38.9 Å². The highest BCUT2D eigenvalue weighted by molar-refractivity contribution is 5.68. The normalized spacial score (nSPS) is 19.8. The summed E-state index contributed by atoms with van der Waals surface area (Å²) in [6.07, 6.45) is 4.98. The number of carbonyl (C=O) groups excluding carboxylic acids is 1. The first-order chi connectivity index (χ1) is 8.83. The summed E-state index contributed by atoms with van der Waals surface area (Å²) < 4.78 is 5.40. The number of nitrogens with zero attached hydrogens (tertiary/aromatic N) is 2. The van der Waals surface area contributed by atoms with Crippen LogP contribution in [0.15, 0.2) is 12.7 Å². The van der Waals surface area contributed by atoms with Crippen LogP contribution in [0.2, 0.25) is 0 Å². The molecule has 0 radical (unpaired) electrons. The van der Waals surface area contributed by atoms with Crippen molar-refractivity contribution in [2.24, 2.45) is 0 Å². The van der Waals surface area contributed by atoms with Crippen molar-refractivity contribution in [2.75, 3.05) is 26.7 Å². The SMILES string of the molecule is C=CCCCN(C)C1CCN(C(=O)OC(C)(C)C)C1. The third-order valence-electron chi connectivity index (χ3n) is 3.36. The van der Waals surface area contributed by atoms with Crippen molar-refractivity contribution < 1.29 is 9.53 Å². The van der Waals surface area contributed by atoms with E-state index in [9.17, 15) is 4.79 Å². The molecule has 110 valence electrons.